The van der Waals surface area contributed by atoms with Crippen LogP contribution < -0.4 is 0 Å². The summed E-state index contributed by atoms with van der Waals surface area (Å²) in [5, 5.41) is 19.1. The van der Waals surface area contributed by atoms with E-state index in [1.807, 2.05) is 6.92 Å². The Morgan fingerprint density at radius 1 is 1.31 bits per heavy atom. The van der Waals surface area contributed by atoms with Gasteiger partial charge >= 0.3 is 5.97 Å². The van der Waals surface area contributed by atoms with Crippen molar-refractivity contribution in [1.82, 2.24) is 0 Å². The lowest BCUT2D eigenvalue weighted by molar-refractivity contribution is -0.137. The Morgan fingerprint density at radius 3 is 2.77 bits per heavy atom. The average Bonchev–Trinajstić information content (AvgIpc) is 3.10. The molecule has 2 saturated carbocycles. The summed E-state index contributed by atoms with van der Waals surface area (Å²) in [6, 6.07) is 0. The Kier molecular flexibility index (Phi) is 7.90. The summed E-state index contributed by atoms with van der Waals surface area (Å²) < 4.78 is 0. The van der Waals surface area contributed by atoms with Crippen LogP contribution in [0.4, 0.5) is 0 Å². The molecule has 0 spiro atoms. The van der Waals surface area contributed by atoms with Gasteiger partial charge in [0.05, 0.1) is 6.10 Å². The van der Waals surface area contributed by atoms with E-state index in [4.69, 9.17) is 5.11 Å². The molecule has 0 aromatic rings. The second-order valence-electron chi connectivity index (χ2n) is 8.05. The van der Waals surface area contributed by atoms with Gasteiger partial charge in [0.1, 0.15) is 5.78 Å². The zero-order valence-electron chi connectivity index (χ0n) is 16.0. The molecule has 2 rings (SSSR count). The van der Waals surface area contributed by atoms with E-state index in [9.17, 15) is 14.7 Å². The third-order valence-corrected chi connectivity index (χ3v) is 5.96. The van der Waals surface area contributed by atoms with E-state index >= 15 is 0 Å². The first-order valence-corrected chi connectivity index (χ1v) is 9.92. The van der Waals surface area contributed by atoms with Gasteiger partial charge in [0.2, 0.25) is 0 Å². The molecule has 0 radical (unpaired) electrons. The molecule has 26 heavy (non-hydrogen) atoms. The van der Waals surface area contributed by atoms with Crippen LogP contribution in [0.15, 0.2) is 11.6 Å². The molecule has 144 valence electrons. The van der Waals surface area contributed by atoms with E-state index in [2.05, 4.69) is 24.8 Å². The number of aliphatic carboxylic acids is 1. The number of rotatable bonds is 9. The van der Waals surface area contributed by atoms with Crippen molar-refractivity contribution in [3.8, 4) is 11.8 Å². The summed E-state index contributed by atoms with van der Waals surface area (Å²) >= 11 is 0. The molecule has 5 atom stereocenters. The number of carboxylic acid groups (broad SMARTS) is 1. The molecule has 0 aliphatic heterocycles. The van der Waals surface area contributed by atoms with Crippen LogP contribution in [0.25, 0.3) is 0 Å². The van der Waals surface area contributed by atoms with E-state index in [1.165, 1.54) is 5.57 Å². The molecule has 4 heteroatoms. The molecule has 0 aromatic carbocycles. The Labute approximate surface area is 157 Å². The maximum atomic E-state index is 12.7. The molecule has 4 nitrogen and oxygen atoms in total. The summed E-state index contributed by atoms with van der Waals surface area (Å²) in [6.07, 6.45) is 8.12. The fourth-order valence-corrected chi connectivity index (χ4v) is 4.57. The first-order chi connectivity index (χ1) is 12.4. The first-order valence-electron chi connectivity index (χ1n) is 9.92. The minimum Gasteiger partial charge on any atom is -0.481 e. The van der Waals surface area contributed by atoms with Crippen molar-refractivity contribution in [1.29, 1.82) is 0 Å². The molecule has 1 unspecified atom stereocenters. The summed E-state index contributed by atoms with van der Waals surface area (Å²) in [6.45, 7) is 3.96. The second kappa shape index (κ2) is 9.92. The van der Waals surface area contributed by atoms with E-state index in [-0.39, 0.29) is 24.0 Å². The quantitative estimate of drug-likeness (QED) is 0.371. The molecule has 2 N–H and O–H groups in total. The maximum absolute atomic E-state index is 12.7. The third kappa shape index (κ3) is 5.71. The lowest BCUT2D eigenvalue weighted by atomic mass is 9.85. The van der Waals surface area contributed by atoms with E-state index in [1.54, 1.807) is 0 Å². The molecular weight excluding hydrogens is 328 g/mol. The Bertz CT molecular complexity index is 595. The number of hydrogen-bond acceptors (Lipinski definition) is 3. The van der Waals surface area contributed by atoms with Crippen LogP contribution in [0.3, 0.4) is 0 Å². The van der Waals surface area contributed by atoms with Gasteiger partial charge in [-0.1, -0.05) is 18.6 Å². The number of fused-ring (bicyclic) bond motifs is 1. The summed E-state index contributed by atoms with van der Waals surface area (Å²) in [4.78, 5) is 23.3. The summed E-state index contributed by atoms with van der Waals surface area (Å²) in [7, 11) is 0. The molecular formula is C22H32O4. The maximum Gasteiger partial charge on any atom is 0.303 e. The van der Waals surface area contributed by atoms with Crippen molar-refractivity contribution < 1.29 is 19.8 Å². The molecule has 0 saturated heterocycles. The fourth-order valence-electron chi connectivity index (χ4n) is 4.57. The van der Waals surface area contributed by atoms with Gasteiger partial charge in [-0.15, -0.1) is 11.8 Å². The molecule has 2 aliphatic carbocycles. The Morgan fingerprint density at radius 2 is 2.08 bits per heavy atom. The van der Waals surface area contributed by atoms with Gasteiger partial charge in [-0.2, -0.15) is 0 Å². The number of aliphatic hydroxyl groups excluding tert-OH is 1. The van der Waals surface area contributed by atoms with Crippen LogP contribution in [-0.4, -0.2) is 28.1 Å². The molecule has 0 amide bonds. The first kappa shape index (κ1) is 20.7. The highest BCUT2D eigenvalue weighted by molar-refractivity contribution is 5.82. The number of Topliss-reactive ketones (excluding diaryl/α,β-unsaturated/α-hetero) is 1. The van der Waals surface area contributed by atoms with Crippen molar-refractivity contribution in [2.75, 3.05) is 0 Å². The van der Waals surface area contributed by atoms with Crippen LogP contribution in [0.1, 0.15) is 71.6 Å². The average molecular weight is 360 g/mol. The smallest absolute Gasteiger partial charge is 0.303 e. The predicted octanol–water partition coefficient (Wildman–Crippen LogP) is 3.97. The van der Waals surface area contributed by atoms with Gasteiger partial charge < -0.3 is 10.2 Å². The van der Waals surface area contributed by atoms with Gasteiger partial charge in [-0.25, -0.2) is 0 Å². The lowest BCUT2D eigenvalue weighted by Gasteiger charge is -2.20. The van der Waals surface area contributed by atoms with Gasteiger partial charge in [0.15, 0.2) is 0 Å². The van der Waals surface area contributed by atoms with Crippen LogP contribution in [0.5, 0.6) is 0 Å². The van der Waals surface area contributed by atoms with Crippen molar-refractivity contribution in [2.45, 2.75) is 77.7 Å². The summed E-state index contributed by atoms with van der Waals surface area (Å²) in [5.41, 5.74) is 1.35. The molecule has 0 heterocycles. The van der Waals surface area contributed by atoms with Crippen molar-refractivity contribution in [3.63, 3.8) is 0 Å². The number of allylic oxidation sites excluding steroid dienone is 2. The lowest BCUT2D eigenvalue weighted by Crippen LogP contribution is -2.28. The monoisotopic (exact) mass is 360 g/mol. The number of ketones is 1. The number of carbonyl (C=O) groups is 2. The van der Waals surface area contributed by atoms with E-state index in [0.717, 1.165) is 38.5 Å². The number of aliphatic hydroxyl groups is 1. The van der Waals surface area contributed by atoms with Crippen molar-refractivity contribution in [3.05, 3.63) is 11.6 Å². The predicted molar refractivity (Wildman–Crippen MR) is 101 cm³/mol. The number of unbranched alkanes of at least 4 members (excludes halogenated alkanes) is 1. The van der Waals surface area contributed by atoms with Crippen LogP contribution in [-0.2, 0) is 9.59 Å². The minimum atomic E-state index is -0.750. The number of carbonyl (C=O) groups excluding carboxylic acids is 1. The minimum absolute atomic E-state index is 0.205. The standard InChI is InChI=1S/C22H32O4/c1-3-4-7-15(2)10-11-19(23)22-18-13-16(8-5-6-9-21(25)26)12-17(18)14-20(22)24/h8,15,17-18,20,22,24H,5-7,9-14H2,1-2H3,(H,25,26)/t15?,17-,18-,20+,22-/m0/s1. The highest BCUT2D eigenvalue weighted by Gasteiger charge is 2.48. The van der Waals surface area contributed by atoms with E-state index in [0.29, 0.717) is 24.7 Å². The SMILES string of the molecule is CC#CCC(C)CCC(=O)[C@@H]1[C@H]2CC(=CCCCC(=O)O)C[C@H]2C[C@H]1O. The normalized spacial score (nSPS) is 29.9. The molecule has 0 bridgehead atoms. The summed E-state index contributed by atoms with van der Waals surface area (Å²) in [5.74, 6) is 6.31. The fraction of sp³-hybridized carbons (Fsp3) is 0.727. The number of hydrogen-bond donors (Lipinski definition) is 2. The van der Waals surface area contributed by atoms with Gasteiger partial charge in [0.25, 0.3) is 0 Å². The van der Waals surface area contributed by atoms with Crippen molar-refractivity contribution in [2.24, 2.45) is 23.7 Å². The van der Waals surface area contributed by atoms with Crippen LogP contribution >= 0.6 is 0 Å². The van der Waals surface area contributed by atoms with Gasteiger partial charge in [-0.3, -0.25) is 9.59 Å². The second-order valence-corrected chi connectivity index (χ2v) is 8.05. The largest absolute Gasteiger partial charge is 0.481 e. The Hall–Kier alpha value is -1.60. The van der Waals surface area contributed by atoms with Gasteiger partial charge in [-0.05, 0) is 63.2 Å². The topological polar surface area (TPSA) is 74.6 Å². The van der Waals surface area contributed by atoms with Crippen LogP contribution in [0, 0.1) is 35.5 Å². The van der Waals surface area contributed by atoms with Crippen LogP contribution in [0.2, 0.25) is 0 Å². The zero-order valence-corrected chi connectivity index (χ0v) is 16.0. The Balaban J connectivity index is 1.85. The van der Waals surface area contributed by atoms with Crippen molar-refractivity contribution >= 4 is 11.8 Å². The zero-order chi connectivity index (χ0) is 19.1. The molecule has 0 aromatic heterocycles. The molecule has 2 aliphatic rings. The van der Waals surface area contributed by atoms with Gasteiger partial charge in [0, 0.05) is 25.2 Å². The van der Waals surface area contributed by atoms with E-state index < -0.39 is 12.1 Å². The highest BCUT2D eigenvalue weighted by Crippen LogP contribution is 2.50. The number of carboxylic acids is 1. The third-order valence-electron chi connectivity index (χ3n) is 5.96. The molecule has 2 fully saturated rings. The highest BCUT2D eigenvalue weighted by atomic mass is 16.4.